The molecular weight excluding hydrogens is 319 g/mol. The van der Waals surface area contributed by atoms with E-state index in [1.807, 2.05) is 0 Å². The molecule has 0 spiro atoms. The highest BCUT2D eigenvalue weighted by Crippen LogP contribution is 2.32. The maximum Gasteiger partial charge on any atom is 0.416 e. The van der Waals surface area contributed by atoms with Crippen molar-refractivity contribution >= 4 is 17.5 Å². The first-order valence-electron chi connectivity index (χ1n) is 6.27. The van der Waals surface area contributed by atoms with Gasteiger partial charge in [0.15, 0.2) is 0 Å². The number of hydrogen-bond donors (Lipinski definition) is 0. The molecule has 0 N–H and O–H groups in total. The molecule has 1 aromatic carbocycles. The van der Waals surface area contributed by atoms with Crippen LogP contribution in [0.1, 0.15) is 21.5 Å². The van der Waals surface area contributed by atoms with E-state index < -0.39 is 17.6 Å². The summed E-state index contributed by atoms with van der Waals surface area (Å²) in [6.45, 7) is 0.237. The first kappa shape index (κ1) is 16.4. The molecule has 0 fully saturated rings. The normalized spacial score (nSPS) is 11.5. The average molecular weight is 332 g/mol. The standard InChI is InChI=1S/C14H13ClF3N3O/c1-20(7-9-6-19-21(2)8-9)13(22)10-3-11(14(16,17)18)5-12(15)4-10/h3-6,8H,7H2,1-2H3. The number of aryl methyl sites for hydroxylation is 1. The van der Waals surface area contributed by atoms with Crippen LogP contribution in [-0.4, -0.2) is 27.6 Å². The molecule has 0 bridgehead atoms. The number of alkyl halides is 3. The topological polar surface area (TPSA) is 38.1 Å². The third kappa shape index (κ3) is 3.79. The smallest absolute Gasteiger partial charge is 0.337 e. The van der Waals surface area contributed by atoms with Gasteiger partial charge in [-0.25, -0.2) is 0 Å². The molecule has 1 heterocycles. The van der Waals surface area contributed by atoms with Crippen molar-refractivity contribution in [3.63, 3.8) is 0 Å². The van der Waals surface area contributed by atoms with Gasteiger partial charge in [-0.2, -0.15) is 18.3 Å². The lowest BCUT2D eigenvalue weighted by Gasteiger charge is -2.17. The van der Waals surface area contributed by atoms with Crippen LogP contribution in [0.4, 0.5) is 13.2 Å². The number of carbonyl (C=O) groups is 1. The number of carbonyl (C=O) groups excluding carboxylic acids is 1. The van der Waals surface area contributed by atoms with E-state index in [1.165, 1.54) is 18.0 Å². The largest absolute Gasteiger partial charge is 0.416 e. The molecule has 1 aromatic heterocycles. The zero-order valence-electron chi connectivity index (χ0n) is 11.9. The maximum absolute atomic E-state index is 12.8. The number of benzene rings is 1. The lowest BCUT2D eigenvalue weighted by molar-refractivity contribution is -0.137. The Morgan fingerprint density at radius 3 is 2.59 bits per heavy atom. The molecule has 0 saturated heterocycles. The SMILES string of the molecule is CN(Cc1cnn(C)c1)C(=O)c1cc(Cl)cc(C(F)(F)F)c1. The van der Waals surface area contributed by atoms with Crippen LogP contribution in [0.15, 0.2) is 30.6 Å². The van der Waals surface area contributed by atoms with Crippen LogP contribution in [0, 0.1) is 0 Å². The quantitative estimate of drug-likeness (QED) is 0.865. The van der Waals surface area contributed by atoms with Gasteiger partial charge in [0.1, 0.15) is 0 Å². The van der Waals surface area contributed by atoms with Gasteiger partial charge >= 0.3 is 6.18 Å². The van der Waals surface area contributed by atoms with E-state index in [0.717, 1.165) is 17.7 Å². The fraction of sp³-hybridized carbons (Fsp3) is 0.286. The summed E-state index contributed by atoms with van der Waals surface area (Å²) >= 11 is 5.68. The molecule has 0 aliphatic heterocycles. The van der Waals surface area contributed by atoms with Crippen LogP contribution in [-0.2, 0) is 19.8 Å². The van der Waals surface area contributed by atoms with Gasteiger partial charge in [-0.3, -0.25) is 9.48 Å². The van der Waals surface area contributed by atoms with Gasteiger partial charge in [-0.05, 0) is 18.2 Å². The van der Waals surface area contributed by atoms with Crippen molar-refractivity contribution < 1.29 is 18.0 Å². The second kappa shape index (κ2) is 6.00. The Balaban J connectivity index is 2.23. The summed E-state index contributed by atoms with van der Waals surface area (Å²) in [7, 11) is 3.24. The van der Waals surface area contributed by atoms with Gasteiger partial charge in [-0.1, -0.05) is 11.6 Å². The summed E-state index contributed by atoms with van der Waals surface area (Å²) in [5.74, 6) is -0.545. The fourth-order valence-corrected chi connectivity index (χ4v) is 2.23. The van der Waals surface area contributed by atoms with Crippen LogP contribution in [0.25, 0.3) is 0 Å². The van der Waals surface area contributed by atoms with E-state index >= 15 is 0 Å². The lowest BCUT2D eigenvalue weighted by Crippen LogP contribution is -2.26. The summed E-state index contributed by atoms with van der Waals surface area (Å²) in [4.78, 5) is 13.6. The Kier molecular flexibility index (Phi) is 4.46. The highest BCUT2D eigenvalue weighted by atomic mass is 35.5. The maximum atomic E-state index is 12.8. The van der Waals surface area contributed by atoms with Crippen molar-refractivity contribution in [3.05, 3.63) is 52.3 Å². The molecule has 0 unspecified atom stereocenters. The minimum absolute atomic E-state index is 0.105. The summed E-state index contributed by atoms with van der Waals surface area (Å²) in [5.41, 5.74) is -0.277. The van der Waals surface area contributed by atoms with Crippen molar-refractivity contribution in [3.8, 4) is 0 Å². The molecule has 1 amide bonds. The van der Waals surface area contributed by atoms with Crippen LogP contribution in [0.2, 0.25) is 5.02 Å². The van der Waals surface area contributed by atoms with Crippen LogP contribution in [0.3, 0.4) is 0 Å². The Labute approximate surface area is 130 Å². The lowest BCUT2D eigenvalue weighted by atomic mass is 10.1. The minimum Gasteiger partial charge on any atom is -0.337 e. The van der Waals surface area contributed by atoms with Gasteiger partial charge in [0.2, 0.25) is 0 Å². The molecule has 0 radical (unpaired) electrons. The summed E-state index contributed by atoms with van der Waals surface area (Å²) < 4.78 is 39.9. The molecule has 0 atom stereocenters. The van der Waals surface area contributed by atoms with Gasteiger partial charge in [0.25, 0.3) is 5.91 Å². The average Bonchev–Trinajstić information content (AvgIpc) is 2.81. The zero-order chi connectivity index (χ0) is 16.5. The van der Waals surface area contributed by atoms with E-state index in [9.17, 15) is 18.0 Å². The molecular formula is C14H13ClF3N3O. The molecule has 118 valence electrons. The molecule has 0 aliphatic carbocycles. The van der Waals surface area contributed by atoms with Crippen LogP contribution < -0.4 is 0 Å². The van der Waals surface area contributed by atoms with Crippen molar-refractivity contribution in [2.24, 2.45) is 7.05 Å². The van der Waals surface area contributed by atoms with E-state index in [0.29, 0.717) is 0 Å². The number of amides is 1. The van der Waals surface area contributed by atoms with Crippen LogP contribution >= 0.6 is 11.6 Å². The van der Waals surface area contributed by atoms with Crippen molar-refractivity contribution in [2.75, 3.05) is 7.05 Å². The van der Waals surface area contributed by atoms with E-state index in [2.05, 4.69) is 5.10 Å². The van der Waals surface area contributed by atoms with E-state index in [-0.39, 0.29) is 17.1 Å². The summed E-state index contributed by atoms with van der Waals surface area (Å²) in [6, 6.07) is 2.81. The highest BCUT2D eigenvalue weighted by Gasteiger charge is 2.32. The Morgan fingerprint density at radius 2 is 2.05 bits per heavy atom. The second-order valence-electron chi connectivity index (χ2n) is 4.91. The van der Waals surface area contributed by atoms with Gasteiger partial charge < -0.3 is 4.90 Å². The summed E-state index contributed by atoms with van der Waals surface area (Å²) in [6.07, 6.45) is -1.24. The Morgan fingerprint density at radius 1 is 1.36 bits per heavy atom. The molecule has 4 nitrogen and oxygen atoms in total. The minimum atomic E-state index is -4.55. The first-order chi connectivity index (χ1) is 10.2. The van der Waals surface area contributed by atoms with Crippen molar-refractivity contribution in [1.82, 2.24) is 14.7 Å². The van der Waals surface area contributed by atoms with Gasteiger partial charge in [0, 0.05) is 43.0 Å². The monoisotopic (exact) mass is 331 g/mol. The molecule has 2 aromatic rings. The molecule has 8 heteroatoms. The third-order valence-electron chi connectivity index (χ3n) is 3.00. The molecule has 0 aliphatic rings. The van der Waals surface area contributed by atoms with Crippen LogP contribution in [0.5, 0.6) is 0 Å². The van der Waals surface area contributed by atoms with Crippen molar-refractivity contribution in [2.45, 2.75) is 12.7 Å². The summed E-state index contributed by atoms with van der Waals surface area (Å²) in [5, 5.41) is 3.84. The second-order valence-corrected chi connectivity index (χ2v) is 5.35. The Hall–Kier alpha value is -2.02. The molecule has 2 rings (SSSR count). The third-order valence-corrected chi connectivity index (χ3v) is 3.22. The van der Waals surface area contributed by atoms with Crippen molar-refractivity contribution in [1.29, 1.82) is 0 Å². The number of halogens is 4. The first-order valence-corrected chi connectivity index (χ1v) is 6.65. The predicted molar refractivity (Wildman–Crippen MR) is 75.5 cm³/mol. The molecule has 0 saturated carbocycles. The zero-order valence-corrected chi connectivity index (χ0v) is 12.6. The Bertz CT molecular complexity index is 697. The number of nitrogens with zero attached hydrogens (tertiary/aromatic N) is 3. The van der Waals surface area contributed by atoms with E-state index in [4.69, 9.17) is 11.6 Å². The highest BCUT2D eigenvalue weighted by molar-refractivity contribution is 6.31. The fourth-order valence-electron chi connectivity index (χ4n) is 2.00. The number of rotatable bonds is 3. The van der Waals surface area contributed by atoms with E-state index in [1.54, 1.807) is 24.1 Å². The molecule has 22 heavy (non-hydrogen) atoms. The van der Waals surface area contributed by atoms with Gasteiger partial charge in [-0.15, -0.1) is 0 Å². The van der Waals surface area contributed by atoms with Gasteiger partial charge in [0.05, 0.1) is 11.8 Å². The number of hydrogen-bond acceptors (Lipinski definition) is 2. The predicted octanol–water partition coefficient (Wildman–Crippen LogP) is 3.36. The number of aromatic nitrogens is 2.